The largest absolute Gasteiger partial charge is 0.471 e. The summed E-state index contributed by atoms with van der Waals surface area (Å²) in [7, 11) is 3.60. The maximum atomic E-state index is 12.5. The molecule has 0 fully saturated rings. The van der Waals surface area contributed by atoms with Crippen molar-refractivity contribution in [1.82, 2.24) is 24.5 Å². The predicted molar refractivity (Wildman–Crippen MR) is 97.8 cm³/mol. The van der Waals surface area contributed by atoms with Gasteiger partial charge in [-0.15, -0.1) is 0 Å². The summed E-state index contributed by atoms with van der Waals surface area (Å²) in [5.41, 5.74) is 3.57. The molecule has 26 heavy (non-hydrogen) atoms. The first-order valence-electron chi connectivity index (χ1n) is 8.39. The molecular weight excluding hydrogens is 330 g/mol. The Morgan fingerprint density at radius 3 is 2.81 bits per heavy atom. The Kier molecular flexibility index (Phi) is 5.06. The molecule has 0 radical (unpaired) electrons. The van der Waals surface area contributed by atoms with Crippen LogP contribution in [0.1, 0.15) is 27.2 Å². The smallest absolute Gasteiger partial charge is 0.274 e. The average Bonchev–Trinajstić information content (AvgIpc) is 3.24. The molecule has 0 aliphatic heterocycles. The number of nitrogens with zero attached hydrogens (tertiary/aromatic N) is 5. The van der Waals surface area contributed by atoms with Crippen LogP contribution in [-0.4, -0.2) is 37.4 Å². The molecular formula is C19H23N5O2. The van der Waals surface area contributed by atoms with Crippen LogP contribution in [0.15, 0.2) is 42.9 Å². The van der Waals surface area contributed by atoms with Crippen LogP contribution in [0, 0.1) is 13.8 Å². The van der Waals surface area contributed by atoms with Crippen molar-refractivity contribution in [1.29, 1.82) is 0 Å². The van der Waals surface area contributed by atoms with Crippen LogP contribution < -0.4 is 4.74 Å². The molecule has 7 heteroatoms. The number of amides is 1. The topological polar surface area (TPSA) is 65.2 Å². The molecule has 0 saturated heterocycles. The average molecular weight is 353 g/mol. The van der Waals surface area contributed by atoms with Gasteiger partial charge in [-0.25, -0.2) is 4.68 Å². The van der Waals surface area contributed by atoms with E-state index in [1.165, 1.54) is 0 Å². The third kappa shape index (κ3) is 4.11. The van der Waals surface area contributed by atoms with E-state index in [4.69, 9.17) is 4.74 Å². The van der Waals surface area contributed by atoms with E-state index in [0.29, 0.717) is 12.2 Å². The van der Waals surface area contributed by atoms with Crippen molar-refractivity contribution in [3.05, 3.63) is 65.2 Å². The number of benzene rings is 1. The van der Waals surface area contributed by atoms with E-state index in [1.807, 2.05) is 45.3 Å². The Morgan fingerprint density at radius 2 is 2.08 bits per heavy atom. The fourth-order valence-electron chi connectivity index (χ4n) is 2.64. The summed E-state index contributed by atoms with van der Waals surface area (Å²) < 4.78 is 9.15. The molecule has 0 N–H and O–H groups in total. The van der Waals surface area contributed by atoms with Gasteiger partial charge >= 0.3 is 0 Å². The number of ether oxygens (including phenoxy) is 1. The highest BCUT2D eigenvalue weighted by molar-refractivity contribution is 5.91. The van der Waals surface area contributed by atoms with Crippen molar-refractivity contribution >= 4 is 5.91 Å². The van der Waals surface area contributed by atoms with Crippen LogP contribution in [0.25, 0.3) is 0 Å². The Morgan fingerprint density at radius 1 is 1.27 bits per heavy atom. The Bertz CT molecular complexity index is 912. The van der Waals surface area contributed by atoms with Crippen LogP contribution in [0.4, 0.5) is 0 Å². The number of carbonyl (C=O) groups excluding carboxylic acids is 1. The molecule has 0 spiro atoms. The van der Waals surface area contributed by atoms with Gasteiger partial charge in [-0.1, -0.05) is 12.1 Å². The van der Waals surface area contributed by atoms with Gasteiger partial charge in [-0.05, 0) is 37.1 Å². The molecule has 1 amide bonds. The summed E-state index contributed by atoms with van der Waals surface area (Å²) in [4.78, 5) is 14.1. The Hall–Kier alpha value is -3.09. The van der Waals surface area contributed by atoms with Crippen molar-refractivity contribution in [3.8, 4) is 5.75 Å². The first-order valence-corrected chi connectivity index (χ1v) is 8.39. The number of aromatic nitrogens is 4. The maximum absolute atomic E-state index is 12.5. The molecule has 2 aromatic heterocycles. The molecule has 0 bridgehead atoms. The highest BCUT2D eigenvalue weighted by Crippen LogP contribution is 2.19. The lowest BCUT2D eigenvalue weighted by Crippen LogP contribution is -2.26. The SMILES string of the molecule is Cc1ccc(C)c(OCn2ccc(C(=O)N(C)Cc3cnn(C)c3)n2)c1. The number of hydrogen-bond acceptors (Lipinski definition) is 4. The number of carbonyl (C=O) groups is 1. The maximum Gasteiger partial charge on any atom is 0.274 e. The highest BCUT2D eigenvalue weighted by Gasteiger charge is 2.16. The monoisotopic (exact) mass is 353 g/mol. The van der Waals surface area contributed by atoms with Crippen molar-refractivity contribution in [2.45, 2.75) is 27.1 Å². The number of hydrogen-bond donors (Lipinski definition) is 0. The van der Waals surface area contributed by atoms with Crippen LogP contribution >= 0.6 is 0 Å². The summed E-state index contributed by atoms with van der Waals surface area (Å²) >= 11 is 0. The van der Waals surface area contributed by atoms with E-state index < -0.39 is 0 Å². The van der Waals surface area contributed by atoms with Gasteiger partial charge in [-0.3, -0.25) is 9.48 Å². The van der Waals surface area contributed by atoms with Crippen molar-refractivity contribution in [2.75, 3.05) is 7.05 Å². The van der Waals surface area contributed by atoms with E-state index in [1.54, 1.807) is 39.8 Å². The van der Waals surface area contributed by atoms with Gasteiger partial charge in [0.2, 0.25) is 0 Å². The molecule has 0 unspecified atom stereocenters. The molecule has 0 aliphatic carbocycles. The van der Waals surface area contributed by atoms with Crippen LogP contribution in [0.5, 0.6) is 5.75 Å². The highest BCUT2D eigenvalue weighted by atomic mass is 16.5. The Labute approximate surface area is 152 Å². The minimum atomic E-state index is -0.140. The second-order valence-electron chi connectivity index (χ2n) is 6.47. The Balaban J connectivity index is 1.61. The van der Waals surface area contributed by atoms with Crippen LogP contribution in [0.3, 0.4) is 0 Å². The van der Waals surface area contributed by atoms with Gasteiger partial charge in [0.1, 0.15) is 5.75 Å². The molecule has 3 rings (SSSR count). The normalized spacial score (nSPS) is 10.8. The standard InChI is InChI=1S/C19H23N5O2/c1-14-5-6-15(2)18(9-14)26-13-24-8-7-17(21-24)19(25)22(3)11-16-10-20-23(4)12-16/h5-10,12H,11,13H2,1-4H3. The van der Waals surface area contributed by atoms with Gasteiger partial charge in [0.05, 0.1) is 6.20 Å². The summed E-state index contributed by atoms with van der Waals surface area (Å²) in [5, 5.41) is 8.44. The van der Waals surface area contributed by atoms with Gasteiger partial charge in [0, 0.05) is 38.6 Å². The lowest BCUT2D eigenvalue weighted by Gasteiger charge is -2.14. The summed E-state index contributed by atoms with van der Waals surface area (Å²) in [5.74, 6) is 0.682. The van der Waals surface area contributed by atoms with Crippen LogP contribution in [0.2, 0.25) is 0 Å². The minimum Gasteiger partial charge on any atom is -0.471 e. The molecule has 136 valence electrons. The van der Waals surface area contributed by atoms with E-state index in [0.717, 1.165) is 22.4 Å². The first kappa shape index (κ1) is 17.7. The molecule has 0 atom stereocenters. The van der Waals surface area contributed by atoms with Gasteiger partial charge in [0.25, 0.3) is 5.91 Å². The second kappa shape index (κ2) is 7.43. The zero-order chi connectivity index (χ0) is 18.7. The third-order valence-corrected chi connectivity index (χ3v) is 4.08. The summed E-state index contributed by atoms with van der Waals surface area (Å²) in [6.45, 7) is 4.76. The van der Waals surface area contributed by atoms with E-state index in [9.17, 15) is 4.79 Å². The van der Waals surface area contributed by atoms with Crippen LogP contribution in [-0.2, 0) is 20.3 Å². The quantitative estimate of drug-likeness (QED) is 0.683. The molecule has 7 nitrogen and oxygen atoms in total. The van der Waals surface area contributed by atoms with E-state index in [2.05, 4.69) is 10.2 Å². The van der Waals surface area contributed by atoms with Gasteiger partial charge in [-0.2, -0.15) is 10.2 Å². The molecule has 2 heterocycles. The zero-order valence-electron chi connectivity index (χ0n) is 15.5. The molecule has 0 aliphatic rings. The predicted octanol–water partition coefficient (Wildman–Crippen LogP) is 2.54. The van der Waals surface area contributed by atoms with Crippen molar-refractivity contribution in [2.24, 2.45) is 7.05 Å². The number of aryl methyl sites for hydroxylation is 3. The molecule has 3 aromatic rings. The fraction of sp³-hybridized carbons (Fsp3) is 0.316. The first-order chi connectivity index (χ1) is 12.4. The fourth-order valence-corrected chi connectivity index (χ4v) is 2.64. The lowest BCUT2D eigenvalue weighted by atomic mass is 10.1. The summed E-state index contributed by atoms with van der Waals surface area (Å²) in [6.07, 6.45) is 5.39. The molecule has 1 aromatic carbocycles. The van der Waals surface area contributed by atoms with Crippen molar-refractivity contribution < 1.29 is 9.53 Å². The van der Waals surface area contributed by atoms with Gasteiger partial charge in [0.15, 0.2) is 12.4 Å². The van der Waals surface area contributed by atoms with E-state index in [-0.39, 0.29) is 12.6 Å². The zero-order valence-corrected chi connectivity index (χ0v) is 15.5. The van der Waals surface area contributed by atoms with E-state index >= 15 is 0 Å². The molecule has 0 saturated carbocycles. The van der Waals surface area contributed by atoms with Crippen molar-refractivity contribution in [3.63, 3.8) is 0 Å². The summed E-state index contributed by atoms with van der Waals surface area (Å²) in [6, 6.07) is 7.77. The van der Waals surface area contributed by atoms with Gasteiger partial charge < -0.3 is 9.64 Å². The second-order valence-corrected chi connectivity index (χ2v) is 6.47. The lowest BCUT2D eigenvalue weighted by molar-refractivity contribution is 0.0777. The number of rotatable bonds is 6. The third-order valence-electron chi connectivity index (χ3n) is 4.08. The minimum absolute atomic E-state index is 0.140.